The molecule has 3 atom stereocenters. The molecule has 120 valence electrons. The van der Waals surface area contributed by atoms with Crippen molar-refractivity contribution >= 4 is 11.9 Å². The minimum absolute atomic E-state index is 0.0483. The molecule has 2 aliphatic rings. The summed E-state index contributed by atoms with van der Waals surface area (Å²) in [5.74, 6) is -0.870. The van der Waals surface area contributed by atoms with Gasteiger partial charge in [-0.25, -0.2) is 0 Å². The van der Waals surface area contributed by atoms with E-state index in [1.54, 1.807) is 0 Å². The number of nitrogens with two attached hydrogens (primary N) is 1. The maximum atomic E-state index is 12.5. The van der Waals surface area contributed by atoms with Crippen molar-refractivity contribution in [3.05, 3.63) is 0 Å². The van der Waals surface area contributed by atoms with Gasteiger partial charge in [-0.05, 0) is 37.0 Å². The molecule has 0 bridgehead atoms. The number of carbonyl (C=O) groups excluding carboxylic acids is 1. The van der Waals surface area contributed by atoms with Gasteiger partial charge in [-0.3, -0.25) is 9.59 Å². The minimum Gasteiger partial charge on any atom is -0.481 e. The topological polar surface area (TPSA) is 92.4 Å². The first-order chi connectivity index (χ1) is 9.74. The van der Waals surface area contributed by atoms with E-state index in [2.05, 4.69) is 12.2 Å². The van der Waals surface area contributed by atoms with Crippen molar-refractivity contribution in [3.8, 4) is 0 Å². The van der Waals surface area contributed by atoms with Gasteiger partial charge in [0.05, 0.1) is 11.3 Å². The van der Waals surface area contributed by atoms with Crippen molar-refractivity contribution in [2.24, 2.45) is 28.4 Å². The maximum absolute atomic E-state index is 12.5. The Kier molecular flexibility index (Phi) is 4.34. The Morgan fingerprint density at radius 1 is 1.29 bits per heavy atom. The molecule has 2 saturated carbocycles. The van der Waals surface area contributed by atoms with E-state index < -0.39 is 5.97 Å². The summed E-state index contributed by atoms with van der Waals surface area (Å²) in [5, 5.41) is 12.5. The van der Waals surface area contributed by atoms with Crippen molar-refractivity contribution < 1.29 is 14.7 Å². The van der Waals surface area contributed by atoms with Crippen molar-refractivity contribution in [1.29, 1.82) is 0 Å². The number of carboxylic acid groups (broad SMARTS) is 1. The van der Waals surface area contributed by atoms with Crippen LogP contribution in [0.4, 0.5) is 0 Å². The molecular weight excluding hydrogens is 268 g/mol. The van der Waals surface area contributed by atoms with Gasteiger partial charge in [0.15, 0.2) is 0 Å². The van der Waals surface area contributed by atoms with Crippen molar-refractivity contribution in [2.75, 3.05) is 6.54 Å². The molecule has 2 aliphatic carbocycles. The van der Waals surface area contributed by atoms with Crippen LogP contribution in [-0.2, 0) is 9.59 Å². The normalized spacial score (nSPS) is 33.8. The van der Waals surface area contributed by atoms with E-state index in [0.717, 1.165) is 25.7 Å². The van der Waals surface area contributed by atoms with Crippen LogP contribution in [0.5, 0.6) is 0 Å². The number of rotatable bonds is 4. The molecule has 0 saturated heterocycles. The zero-order chi connectivity index (χ0) is 15.8. The summed E-state index contributed by atoms with van der Waals surface area (Å²) in [7, 11) is 0. The van der Waals surface area contributed by atoms with Crippen molar-refractivity contribution in [3.63, 3.8) is 0 Å². The summed E-state index contributed by atoms with van der Waals surface area (Å²) in [5.41, 5.74) is 5.10. The smallest absolute Gasteiger partial charge is 0.307 e. The number of amides is 1. The fraction of sp³-hybridized carbons (Fsp3) is 0.875. The second kappa shape index (κ2) is 5.59. The van der Waals surface area contributed by atoms with Crippen LogP contribution in [0.15, 0.2) is 0 Å². The predicted molar refractivity (Wildman–Crippen MR) is 80.6 cm³/mol. The molecule has 3 unspecified atom stereocenters. The molecule has 1 amide bonds. The number of hydrogen-bond acceptors (Lipinski definition) is 3. The second-order valence-electron chi connectivity index (χ2n) is 7.50. The van der Waals surface area contributed by atoms with Crippen LogP contribution < -0.4 is 11.1 Å². The quantitative estimate of drug-likeness (QED) is 0.737. The Bertz CT molecular complexity index is 424. The molecule has 0 aromatic rings. The molecule has 21 heavy (non-hydrogen) atoms. The number of aliphatic carboxylic acids is 1. The predicted octanol–water partition coefficient (Wildman–Crippen LogP) is 1.76. The third kappa shape index (κ3) is 2.68. The standard InChI is InChI=1S/C16H28N2O3/c1-10-12(6-5-11(13(19)20)15(10,2)3)18-14(21)16(9-17)7-4-8-16/h10-12H,4-9,17H2,1-3H3,(H,18,21)(H,19,20). The Hall–Kier alpha value is -1.10. The summed E-state index contributed by atoms with van der Waals surface area (Å²) in [6, 6.07) is 0.0483. The van der Waals surface area contributed by atoms with Crippen LogP contribution in [-0.4, -0.2) is 29.6 Å². The molecule has 0 aromatic heterocycles. The monoisotopic (exact) mass is 296 g/mol. The Labute approximate surface area is 126 Å². The van der Waals surface area contributed by atoms with Crippen LogP contribution in [0.25, 0.3) is 0 Å². The molecule has 0 aliphatic heterocycles. The van der Waals surface area contributed by atoms with E-state index in [0.29, 0.717) is 13.0 Å². The molecule has 0 heterocycles. The molecule has 0 radical (unpaired) electrons. The lowest BCUT2D eigenvalue weighted by Gasteiger charge is -2.48. The number of carbonyl (C=O) groups is 2. The summed E-state index contributed by atoms with van der Waals surface area (Å²) in [6.45, 7) is 6.45. The Balaban J connectivity index is 2.05. The number of carboxylic acids is 1. The van der Waals surface area contributed by atoms with Crippen LogP contribution >= 0.6 is 0 Å². The van der Waals surface area contributed by atoms with E-state index >= 15 is 0 Å². The van der Waals surface area contributed by atoms with E-state index in [1.807, 2.05) is 13.8 Å². The third-order valence-electron chi connectivity index (χ3n) is 6.24. The fourth-order valence-electron chi connectivity index (χ4n) is 3.89. The van der Waals surface area contributed by atoms with Gasteiger partial charge in [-0.1, -0.05) is 27.2 Å². The molecular formula is C16H28N2O3. The lowest BCUT2D eigenvalue weighted by atomic mass is 9.60. The highest BCUT2D eigenvalue weighted by Gasteiger charge is 2.49. The first-order valence-corrected chi connectivity index (χ1v) is 7.98. The fourth-order valence-corrected chi connectivity index (χ4v) is 3.89. The van der Waals surface area contributed by atoms with Gasteiger partial charge in [0.1, 0.15) is 0 Å². The molecule has 2 fully saturated rings. The van der Waals surface area contributed by atoms with Gasteiger partial charge >= 0.3 is 5.97 Å². The summed E-state index contributed by atoms with van der Waals surface area (Å²) in [4.78, 5) is 23.9. The highest BCUT2D eigenvalue weighted by Crippen LogP contribution is 2.46. The zero-order valence-electron chi connectivity index (χ0n) is 13.3. The summed E-state index contributed by atoms with van der Waals surface area (Å²) in [6.07, 6.45) is 4.16. The van der Waals surface area contributed by atoms with E-state index in [9.17, 15) is 14.7 Å². The van der Waals surface area contributed by atoms with Gasteiger partial charge in [0, 0.05) is 12.6 Å². The lowest BCUT2D eigenvalue weighted by molar-refractivity contribution is -0.151. The van der Waals surface area contributed by atoms with Gasteiger partial charge in [0.2, 0.25) is 5.91 Å². The highest BCUT2D eigenvalue weighted by atomic mass is 16.4. The summed E-state index contributed by atoms with van der Waals surface area (Å²) < 4.78 is 0. The van der Waals surface area contributed by atoms with Gasteiger partial charge in [0.25, 0.3) is 0 Å². The first kappa shape index (κ1) is 16.3. The summed E-state index contributed by atoms with van der Waals surface area (Å²) >= 11 is 0. The third-order valence-corrected chi connectivity index (χ3v) is 6.24. The van der Waals surface area contributed by atoms with Gasteiger partial charge in [-0.2, -0.15) is 0 Å². The number of nitrogens with one attached hydrogen (secondary N) is 1. The number of hydrogen-bond donors (Lipinski definition) is 3. The van der Waals surface area contributed by atoms with Crippen molar-refractivity contribution in [1.82, 2.24) is 5.32 Å². The molecule has 0 aromatic carbocycles. The molecule has 5 heteroatoms. The lowest BCUT2D eigenvalue weighted by Crippen LogP contribution is -2.57. The molecule has 5 nitrogen and oxygen atoms in total. The first-order valence-electron chi connectivity index (χ1n) is 7.98. The van der Waals surface area contributed by atoms with E-state index in [4.69, 9.17) is 5.73 Å². The Morgan fingerprint density at radius 2 is 1.90 bits per heavy atom. The van der Waals surface area contributed by atoms with Crippen LogP contribution in [0, 0.1) is 22.7 Å². The SMILES string of the molecule is CC1C(NC(=O)C2(CN)CCC2)CCC(C(=O)O)C1(C)C. The molecule has 2 rings (SSSR count). The Morgan fingerprint density at radius 3 is 2.33 bits per heavy atom. The minimum atomic E-state index is -0.728. The maximum Gasteiger partial charge on any atom is 0.307 e. The van der Waals surface area contributed by atoms with Gasteiger partial charge in [-0.15, -0.1) is 0 Å². The van der Waals surface area contributed by atoms with Crippen LogP contribution in [0.3, 0.4) is 0 Å². The largest absolute Gasteiger partial charge is 0.481 e. The average Bonchev–Trinajstić information content (AvgIpc) is 2.34. The van der Waals surface area contributed by atoms with Crippen LogP contribution in [0.1, 0.15) is 52.9 Å². The van der Waals surface area contributed by atoms with E-state index in [1.165, 1.54) is 0 Å². The second-order valence-corrected chi connectivity index (χ2v) is 7.50. The van der Waals surface area contributed by atoms with E-state index in [-0.39, 0.29) is 34.6 Å². The van der Waals surface area contributed by atoms with Gasteiger partial charge < -0.3 is 16.2 Å². The van der Waals surface area contributed by atoms with Crippen molar-refractivity contribution in [2.45, 2.75) is 58.9 Å². The molecule has 4 N–H and O–H groups in total. The average molecular weight is 296 g/mol. The zero-order valence-corrected chi connectivity index (χ0v) is 13.3. The molecule has 0 spiro atoms. The highest BCUT2D eigenvalue weighted by molar-refractivity contribution is 5.84. The van der Waals surface area contributed by atoms with Crippen LogP contribution in [0.2, 0.25) is 0 Å².